The van der Waals surface area contributed by atoms with Crippen LogP contribution in [0.15, 0.2) is 72.4 Å². The number of hydrogen-bond donors (Lipinski definition) is 1. The molecule has 1 amide bonds. The molecule has 1 heterocycles. The molecular formula is C18H15N5O3. The summed E-state index contributed by atoms with van der Waals surface area (Å²) >= 11 is 0. The SMILES string of the molecule is CC(=NNC(=O)c1cccc([N+](=O)[O-])c1)c1ccc(-n2ccnc2)cc1. The van der Waals surface area contributed by atoms with Crippen molar-refractivity contribution in [2.45, 2.75) is 6.92 Å². The molecule has 0 aliphatic rings. The Hall–Kier alpha value is -3.81. The third-order valence-electron chi connectivity index (χ3n) is 3.73. The van der Waals surface area contributed by atoms with E-state index >= 15 is 0 Å². The van der Waals surface area contributed by atoms with Gasteiger partial charge in [-0.2, -0.15) is 5.10 Å². The topological polar surface area (TPSA) is 102 Å². The summed E-state index contributed by atoms with van der Waals surface area (Å²) in [5.41, 5.74) is 4.86. The van der Waals surface area contributed by atoms with Crippen LogP contribution in [0.25, 0.3) is 5.69 Å². The molecule has 3 aromatic rings. The van der Waals surface area contributed by atoms with Crippen LogP contribution in [0, 0.1) is 10.1 Å². The Kier molecular flexibility index (Phi) is 4.84. The summed E-state index contributed by atoms with van der Waals surface area (Å²) in [4.78, 5) is 26.3. The minimum Gasteiger partial charge on any atom is -0.306 e. The molecule has 0 saturated carbocycles. The number of benzene rings is 2. The molecule has 26 heavy (non-hydrogen) atoms. The van der Waals surface area contributed by atoms with Crippen molar-refractivity contribution >= 4 is 17.3 Å². The molecule has 1 aromatic heterocycles. The molecular weight excluding hydrogens is 334 g/mol. The van der Waals surface area contributed by atoms with Gasteiger partial charge in [0.2, 0.25) is 0 Å². The number of nitrogens with zero attached hydrogens (tertiary/aromatic N) is 4. The first-order valence-corrected chi connectivity index (χ1v) is 7.72. The number of carbonyl (C=O) groups excluding carboxylic acids is 1. The van der Waals surface area contributed by atoms with E-state index in [9.17, 15) is 14.9 Å². The normalized spacial score (nSPS) is 11.2. The second-order valence-electron chi connectivity index (χ2n) is 5.46. The first-order valence-electron chi connectivity index (χ1n) is 7.72. The van der Waals surface area contributed by atoms with Crippen LogP contribution in [-0.4, -0.2) is 26.1 Å². The van der Waals surface area contributed by atoms with Gasteiger partial charge in [0, 0.05) is 35.8 Å². The van der Waals surface area contributed by atoms with Gasteiger partial charge in [-0.15, -0.1) is 0 Å². The van der Waals surface area contributed by atoms with Crippen molar-refractivity contribution in [1.29, 1.82) is 0 Å². The molecule has 1 N–H and O–H groups in total. The Labute approximate surface area is 149 Å². The molecule has 0 aliphatic heterocycles. The number of non-ortho nitro benzene ring substituents is 1. The first kappa shape index (κ1) is 17.0. The van der Waals surface area contributed by atoms with Crippen molar-refractivity contribution in [1.82, 2.24) is 15.0 Å². The molecule has 0 bridgehead atoms. The van der Waals surface area contributed by atoms with E-state index in [1.807, 2.05) is 35.0 Å². The van der Waals surface area contributed by atoms with E-state index in [1.165, 1.54) is 24.3 Å². The van der Waals surface area contributed by atoms with E-state index in [-0.39, 0.29) is 11.3 Å². The fourth-order valence-corrected chi connectivity index (χ4v) is 2.31. The molecule has 0 fully saturated rings. The summed E-state index contributed by atoms with van der Waals surface area (Å²) < 4.78 is 1.88. The average Bonchev–Trinajstić information content (AvgIpc) is 3.21. The maximum absolute atomic E-state index is 12.1. The molecule has 0 unspecified atom stereocenters. The fraction of sp³-hybridized carbons (Fsp3) is 0.0556. The zero-order valence-electron chi connectivity index (χ0n) is 13.9. The lowest BCUT2D eigenvalue weighted by Gasteiger charge is -2.05. The maximum Gasteiger partial charge on any atom is 0.271 e. The number of nitrogens with one attached hydrogen (secondary N) is 1. The van der Waals surface area contributed by atoms with Crippen LogP contribution in [0.4, 0.5) is 5.69 Å². The van der Waals surface area contributed by atoms with Crippen LogP contribution in [-0.2, 0) is 0 Å². The number of nitro benzene ring substituents is 1. The molecule has 8 heteroatoms. The molecule has 0 spiro atoms. The maximum atomic E-state index is 12.1. The second kappa shape index (κ2) is 7.39. The number of aromatic nitrogens is 2. The second-order valence-corrected chi connectivity index (χ2v) is 5.46. The monoisotopic (exact) mass is 349 g/mol. The van der Waals surface area contributed by atoms with E-state index in [0.29, 0.717) is 5.71 Å². The van der Waals surface area contributed by atoms with Crippen molar-refractivity contribution in [3.8, 4) is 5.69 Å². The van der Waals surface area contributed by atoms with Gasteiger partial charge in [-0.3, -0.25) is 14.9 Å². The molecule has 130 valence electrons. The Balaban J connectivity index is 1.71. The van der Waals surface area contributed by atoms with Crippen LogP contribution >= 0.6 is 0 Å². The molecule has 3 rings (SSSR count). The lowest BCUT2D eigenvalue weighted by molar-refractivity contribution is -0.384. The summed E-state index contributed by atoms with van der Waals surface area (Å²) in [6.07, 6.45) is 5.24. The van der Waals surface area contributed by atoms with E-state index < -0.39 is 10.8 Å². The summed E-state index contributed by atoms with van der Waals surface area (Å²) in [5, 5.41) is 14.8. The quantitative estimate of drug-likeness (QED) is 0.434. The van der Waals surface area contributed by atoms with Crippen LogP contribution in [0.2, 0.25) is 0 Å². The zero-order valence-corrected chi connectivity index (χ0v) is 13.9. The van der Waals surface area contributed by atoms with Crippen LogP contribution in [0.5, 0.6) is 0 Å². The van der Waals surface area contributed by atoms with Crippen molar-refractivity contribution < 1.29 is 9.72 Å². The van der Waals surface area contributed by atoms with Crippen LogP contribution < -0.4 is 5.43 Å². The van der Waals surface area contributed by atoms with Gasteiger partial charge in [0.15, 0.2) is 0 Å². The lowest BCUT2D eigenvalue weighted by atomic mass is 10.1. The minimum atomic E-state index is -0.548. The van der Waals surface area contributed by atoms with Crippen molar-refractivity contribution in [3.05, 3.63) is 88.5 Å². The predicted molar refractivity (Wildman–Crippen MR) is 96.3 cm³/mol. The van der Waals surface area contributed by atoms with E-state index in [0.717, 1.165) is 11.3 Å². The molecule has 2 aromatic carbocycles. The first-order chi connectivity index (χ1) is 12.5. The number of hydrogen-bond acceptors (Lipinski definition) is 5. The number of amides is 1. The third-order valence-corrected chi connectivity index (χ3v) is 3.73. The van der Waals surface area contributed by atoms with Gasteiger partial charge in [0.05, 0.1) is 17.0 Å². The standard InChI is InChI=1S/C18H15N5O3/c1-13(14-5-7-16(8-6-14)22-10-9-19-12-22)20-21-18(24)15-3-2-4-17(11-15)23(25)26/h2-12H,1H3,(H,21,24). The number of carbonyl (C=O) groups is 1. The Morgan fingerprint density at radius 1 is 1.19 bits per heavy atom. The fourth-order valence-electron chi connectivity index (χ4n) is 2.31. The zero-order chi connectivity index (χ0) is 18.5. The highest BCUT2D eigenvalue weighted by atomic mass is 16.6. The Morgan fingerprint density at radius 3 is 2.62 bits per heavy atom. The smallest absolute Gasteiger partial charge is 0.271 e. The Bertz CT molecular complexity index is 963. The lowest BCUT2D eigenvalue weighted by Crippen LogP contribution is -2.19. The van der Waals surface area contributed by atoms with E-state index in [4.69, 9.17) is 0 Å². The Morgan fingerprint density at radius 2 is 1.96 bits per heavy atom. The number of imidazole rings is 1. The summed E-state index contributed by atoms with van der Waals surface area (Å²) in [7, 11) is 0. The average molecular weight is 349 g/mol. The summed E-state index contributed by atoms with van der Waals surface area (Å²) in [6, 6.07) is 13.1. The number of rotatable bonds is 5. The van der Waals surface area contributed by atoms with Gasteiger partial charge in [0.1, 0.15) is 0 Å². The highest BCUT2D eigenvalue weighted by Crippen LogP contribution is 2.13. The van der Waals surface area contributed by atoms with Crippen molar-refractivity contribution in [2.75, 3.05) is 0 Å². The van der Waals surface area contributed by atoms with Crippen molar-refractivity contribution in [2.24, 2.45) is 5.10 Å². The highest BCUT2D eigenvalue weighted by molar-refractivity contribution is 6.01. The van der Waals surface area contributed by atoms with Crippen LogP contribution in [0.1, 0.15) is 22.8 Å². The number of hydrazone groups is 1. The third kappa shape index (κ3) is 3.81. The molecule has 0 saturated heterocycles. The number of nitro groups is 1. The van der Waals surface area contributed by atoms with Gasteiger partial charge >= 0.3 is 0 Å². The molecule has 0 aliphatic carbocycles. The van der Waals surface area contributed by atoms with Gasteiger partial charge < -0.3 is 4.57 Å². The van der Waals surface area contributed by atoms with E-state index in [2.05, 4.69) is 15.5 Å². The van der Waals surface area contributed by atoms with E-state index in [1.54, 1.807) is 19.4 Å². The van der Waals surface area contributed by atoms with Gasteiger partial charge in [0.25, 0.3) is 11.6 Å². The molecule has 0 atom stereocenters. The molecule has 8 nitrogen and oxygen atoms in total. The van der Waals surface area contributed by atoms with Gasteiger partial charge in [-0.1, -0.05) is 18.2 Å². The van der Waals surface area contributed by atoms with Crippen LogP contribution in [0.3, 0.4) is 0 Å². The van der Waals surface area contributed by atoms with Gasteiger partial charge in [-0.05, 0) is 30.7 Å². The van der Waals surface area contributed by atoms with Crippen molar-refractivity contribution in [3.63, 3.8) is 0 Å². The highest BCUT2D eigenvalue weighted by Gasteiger charge is 2.11. The largest absolute Gasteiger partial charge is 0.306 e. The molecule has 0 radical (unpaired) electrons. The van der Waals surface area contributed by atoms with Gasteiger partial charge in [-0.25, -0.2) is 10.4 Å². The predicted octanol–water partition coefficient (Wildman–Crippen LogP) is 2.93. The minimum absolute atomic E-state index is 0.145. The summed E-state index contributed by atoms with van der Waals surface area (Å²) in [5.74, 6) is -0.511. The summed E-state index contributed by atoms with van der Waals surface area (Å²) in [6.45, 7) is 1.76.